The summed E-state index contributed by atoms with van der Waals surface area (Å²) in [7, 11) is 10.2. The van der Waals surface area contributed by atoms with E-state index >= 15 is 0 Å². The fourth-order valence-electron chi connectivity index (χ4n) is 4.55. The molecule has 0 aromatic heterocycles. The van der Waals surface area contributed by atoms with Crippen LogP contribution >= 0.6 is 0 Å². The van der Waals surface area contributed by atoms with E-state index in [1.54, 1.807) is 0 Å². The summed E-state index contributed by atoms with van der Waals surface area (Å²) in [6, 6.07) is 0. The van der Waals surface area contributed by atoms with E-state index in [0.29, 0.717) is 0 Å². The normalized spacial score (nSPS) is 40.8. The van der Waals surface area contributed by atoms with Gasteiger partial charge in [-0.15, -0.1) is 0 Å². The van der Waals surface area contributed by atoms with E-state index in [4.69, 9.17) is 52.1 Å². The third-order valence-corrected chi connectivity index (χ3v) is 5.94. The number of hydrogen-bond acceptors (Lipinski definition) is 13. The quantitative estimate of drug-likeness (QED) is 0.332. The minimum Gasteiger partial charge on any atom is -0.428 e. The summed E-state index contributed by atoms with van der Waals surface area (Å²) in [6.45, 7) is 0.637. The Hall–Kier alpha value is -0.970. The first kappa shape index (κ1) is 29.3. The van der Waals surface area contributed by atoms with Crippen LogP contribution in [0, 0.1) is 0 Å². The molecule has 13 heteroatoms. The molecule has 0 aromatic carbocycles. The third kappa shape index (κ3) is 5.87. The van der Waals surface area contributed by atoms with Crippen molar-refractivity contribution in [1.29, 1.82) is 0 Å². The van der Waals surface area contributed by atoms with Gasteiger partial charge >= 0.3 is 5.97 Å². The van der Waals surface area contributed by atoms with Crippen LogP contribution in [0.15, 0.2) is 0 Å². The number of carbonyl (C=O) groups excluding carboxylic acids is 1. The van der Waals surface area contributed by atoms with Gasteiger partial charge in [0.25, 0.3) is 5.79 Å². The molecular formula is C21H38O13. The predicted octanol–water partition coefficient (Wildman–Crippen LogP) is -0.928. The lowest BCUT2D eigenvalue weighted by Crippen LogP contribution is -2.70. The van der Waals surface area contributed by atoms with E-state index in [9.17, 15) is 9.90 Å². The summed E-state index contributed by atoms with van der Waals surface area (Å²) in [5.41, 5.74) is 0. The second kappa shape index (κ2) is 13.4. The van der Waals surface area contributed by atoms with Gasteiger partial charge in [-0.1, -0.05) is 0 Å². The molecule has 0 aliphatic carbocycles. The van der Waals surface area contributed by atoms with Crippen LogP contribution in [0.5, 0.6) is 0 Å². The zero-order valence-electron chi connectivity index (χ0n) is 21.0. The van der Waals surface area contributed by atoms with Crippen molar-refractivity contribution in [2.75, 3.05) is 63.0 Å². The summed E-state index contributed by atoms with van der Waals surface area (Å²) < 4.78 is 62.7. The monoisotopic (exact) mass is 498 g/mol. The van der Waals surface area contributed by atoms with Crippen LogP contribution in [0.4, 0.5) is 0 Å². The number of aliphatic hydroxyl groups excluding tert-OH is 1. The summed E-state index contributed by atoms with van der Waals surface area (Å²) in [5.74, 6) is -2.35. The highest BCUT2D eigenvalue weighted by molar-refractivity contribution is 5.66. The lowest BCUT2D eigenvalue weighted by molar-refractivity contribution is -0.422. The first-order valence-corrected chi connectivity index (χ1v) is 10.8. The minimum absolute atomic E-state index is 0.189. The third-order valence-electron chi connectivity index (χ3n) is 5.94. The van der Waals surface area contributed by atoms with Gasteiger partial charge in [-0.25, -0.2) is 0 Å². The average Bonchev–Trinajstić information content (AvgIpc) is 2.82. The smallest absolute Gasteiger partial charge is 0.305 e. The number of aliphatic hydroxyl groups is 1. The number of hydrogen-bond donors (Lipinski definition) is 1. The molecule has 2 aliphatic heterocycles. The second-order valence-electron chi connectivity index (χ2n) is 7.84. The highest BCUT2D eigenvalue weighted by atomic mass is 16.8. The molecule has 0 bridgehead atoms. The zero-order valence-corrected chi connectivity index (χ0v) is 21.0. The zero-order chi connectivity index (χ0) is 25.5. The maximum Gasteiger partial charge on any atom is 0.305 e. The molecule has 200 valence electrons. The fraction of sp³-hybridized carbons (Fsp3) is 0.952. The van der Waals surface area contributed by atoms with E-state index < -0.39 is 73.7 Å². The van der Waals surface area contributed by atoms with Gasteiger partial charge in [0.05, 0.1) is 6.61 Å². The fourth-order valence-corrected chi connectivity index (χ4v) is 4.55. The Labute approximate surface area is 199 Å². The van der Waals surface area contributed by atoms with Crippen LogP contribution in [0.25, 0.3) is 0 Å². The number of methoxy groups -OCH3 is 7. The van der Waals surface area contributed by atoms with Crippen molar-refractivity contribution in [2.24, 2.45) is 0 Å². The molecule has 2 heterocycles. The van der Waals surface area contributed by atoms with Crippen molar-refractivity contribution in [3.8, 4) is 0 Å². The van der Waals surface area contributed by atoms with Crippen LogP contribution in [-0.4, -0.2) is 135 Å². The molecule has 2 aliphatic rings. The Kier molecular flexibility index (Phi) is 11.5. The number of carbonyl (C=O) groups is 1. The van der Waals surface area contributed by atoms with Crippen molar-refractivity contribution in [2.45, 2.75) is 68.0 Å². The molecule has 1 N–H and O–H groups in total. The molecule has 2 fully saturated rings. The Bertz CT molecular complexity index is 621. The van der Waals surface area contributed by atoms with Gasteiger partial charge in [0.15, 0.2) is 18.7 Å². The summed E-state index contributed by atoms with van der Waals surface area (Å²) in [5, 5.41) is 10.0. The lowest BCUT2D eigenvalue weighted by atomic mass is 9.94. The summed E-state index contributed by atoms with van der Waals surface area (Å²) >= 11 is 0. The number of ether oxygens (including phenoxy) is 11. The molecule has 2 saturated heterocycles. The van der Waals surface area contributed by atoms with Crippen LogP contribution in [0.2, 0.25) is 0 Å². The Morgan fingerprint density at radius 2 is 1.38 bits per heavy atom. The van der Waals surface area contributed by atoms with Gasteiger partial charge in [-0.2, -0.15) is 0 Å². The number of rotatable bonds is 12. The standard InChI is InChI=1S/C21H38O13/c1-11(23)33-21(10-24-2)18(29-7)15(26-4)17(28-6)20(34-21)32-13-12(9-22)31-19(30-8)16(27-5)14(13)25-3/h12-20,22H,9-10H2,1-8H3/t12-,13-,14+,15-,16-,17+,18+,19+,20+,21-/m1/s1. The molecule has 0 saturated carbocycles. The first-order valence-electron chi connectivity index (χ1n) is 10.8. The highest BCUT2D eigenvalue weighted by Gasteiger charge is 2.60. The van der Waals surface area contributed by atoms with E-state index in [-0.39, 0.29) is 6.61 Å². The largest absolute Gasteiger partial charge is 0.428 e. The SMILES string of the molecule is COC[C@@]1(OC(C)=O)O[C@H](O[C@H]2[C@H](OC)[C@@H](OC)[C@@H](OC)O[C@@H]2CO)[C@@H](OC)[C@@H](OC)[C@@H]1OC. The average molecular weight is 499 g/mol. The maximum atomic E-state index is 12.0. The number of esters is 1. The Morgan fingerprint density at radius 3 is 1.82 bits per heavy atom. The molecule has 0 spiro atoms. The van der Waals surface area contributed by atoms with Gasteiger partial charge < -0.3 is 57.2 Å². The Balaban J connectivity index is 2.47. The lowest BCUT2D eigenvalue weighted by Gasteiger charge is -2.52. The van der Waals surface area contributed by atoms with E-state index in [1.165, 1.54) is 56.7 Å². The molecular weight excluding hydrogens is 460 g/mol. The molecule has 34 heavy (non-hydrogen) atoms. The summed E-state index contributed by atoms with van der Waals surface area (Å²) in [4.78, 5) is 12.0. The topological polar surface area (TPSA) is 139 Å². The van der Waals surface area contributed by atoms with Crippen LogP contribution < -0.4 is 0 Å². The van der Waals surface area contributed by atoms with Crippen LogP contribution in [0.3, 0.4) is 0 Å². The van der Waals surface area contributed by atoms with Gasteiger partial charge in [-0.05, 0) is 0 Å². The van der Waals surface area contributed by atoms with Crippen molar-refractivity contribution < 1.29 is 62.0 Å². The molecule has 0 radical (unpaired) electrons. The summed E-state index contributed by atoms with van der Waals surface area (Å²) in [6.07, 6.45) is -7.74. The predicted molar refractivity (Wildman–Crippen MR) is 113 cm³/mol. The van der Waals surface area contributed by atoms with Gasteiger partial charge in [0, 0.05) is 56.7 Å². The highest BCUT2D eigenvalue weighted by Crippen LogP contribution is 2.38. The van der Waals surface area contributed by atoms with Gasteiger partial charge in [-0.3, -0.25) is 4.79 Å². The molecule has 2 rings (SSSR count). The molecule has 0 unspecified atom stereocenters. The molecule has 0 aromatic rings. The van der Waals surface area contributed by atoms with Crippen LogP contribution in [0.1, 0.15) is 6.92 Å². The second-order valence-corrected chi connectivity index (χ2v) is 7.84. The maximum absolute atomic E-state index is 12.0. The molecule has 13 nitrogen and oxygen atoms in total. The molecule has 10 atom stereocenters. The molecule has 0 amide bonds. The van der Waals surface area contributed by atoms with Crippen molar-refractivity contribution >= 4 is 5.97 Å². The van der Waals surface area contributed by atoms with Crippen molar-refractivity contribution in [1.82, 2.24) is 0 Å². The minimum atomic E-state index is -1.72. The van der Waals surface area contributed by atoms with Gasteiger partial charge in [0.2, 0.25) is 0 Å². The van der Waals surface area contributed by atoms with E-state index in [2.05, 4.69) is 0 Å². The van der Waals surface area contributed by atoms with Crippen molar-refractivity contribution in [3.63, 3.8) is 0 Å². The van der Waals surface area contributed by atoms with Crippen molar-refractivity contribution in [3.05, 3.63) is 0 Å². The van der Waals surface area contributed by atoms with E-state index in [0.717, 1.165) is 0 Å². The first-order chi connectivity index (χ1) is 16.3. The van der Waals surface area contributed by atoms with E-state index in [1.807, 2.05) is 0 Å². The van der Waals surface area contributed by atoms with Crippen LogP contribution in [-0.2, 0) is 56.9 Å². The van der Waals surface area contributed by atoms with Gasteiger partial charge in [0.1, 0.15) is 43.2 Å². The Morgan fingerprint density at radius 1 is 0.794 bits per heavy atom.